The van der Waals surface area contributed by atoms with E-state index >= 15 is 8.42 Å². The van der Waals surface area contributed by atoms with Crippen LogP contribution in [0.3, 0.4) is 0 Å². The van der Waals surface area contributed by atoms with Crippen molar-refractivity contribution in [2.75, 3.05) is 0 Å². The smallest absolute Gasteiger partial charge is 0.339 e. The van der Waals surface area contributed by atoms with Crippen LogP contribution in [0.5, 0.6) is 5.75 Å². The minimum atomic E-state index is -4.79. The fourth-order valence-corrected chi connectivity index (χ4v) is 13.2. The molecule has 0 amide bonds. The van der Waals surface area contributed by atoms with Gasteiger partial charge in [0.2, 0.25) is 0 Å². The fraction of sp³-hybridized carbons (Fsp3) is 0.714. The zero-order valence-corrected chi connectivity index (χ0v) is 31.8. The van der Waals surface area contributed by atoms with Crippen LogP contribution in [0.1, 0.15) is 218 Å². The van der Waals surface area contributed by atoms with Crippen LogP contribution >= 0.6 is 0 Å². The summed E-state index contributed by atoms with van der Waals surface area (Å²) in [6.45, 7) is 0. The second kappa shape index (κ2) is 16.0. The largest absolute Gasteiger partial charge is 0.744 e. The molecule has 0 aliphatic heterocycles. The molecule has 0 atom stereocenters. The van der Waals surface area contributed by atoms with Crippen molar-refractivity contribution < 1.29 is 25.6 Å². The molecule has 0 spiro atoms. The molecule has 0 bridgehead atoms. The summed E-state index contributed by atoms with van der Waals surface area (Å²) in [4.78, 5) is 0.304. The van der Waals surface area contributed by atoms with E-state index in [0.717, 1.165) is 127 Å². The summed E-state index contributed by atoms with van der Waals surface area (Å²) in [6, 6.07) is 7.79. The predicted molar refractivity (Wildman–Crippen MR) is 198 cm³/mol. The SMILES string of the molecule is O=S(=O)([O-])c1c(C2CCCCC2)cc(OS(=O)(=O)c2c(C3CCCCC3)cc(C3CCCCC3)cc2C2CCCCC2)cc1C1CCCCC1. The highest BCUT2D eigenvalue weighted by atomic mass is 32.2. The molecular formula is C42H59O6S2-. The zero-order chi connectivity index (χ0) is 34.7. The van der Waals surface area contributed by atoms with Crippen molar-refractivity contribution >= 4 is 20.2 Å². The van der Waals surface area contributed by atoms with Gasteiger partial charge in [0.15, 0.2) is 0 Å². The Morgan fingerprint density at radius 3 is 1.04 bits per heavy atom. The van der Waals surface area contributed by atoms with E-state index in [9.17, 15) is 13.0 Å². The van der Waals surface area contributed by atoms with Crippen molar-refractivity contribution in [3.8, 4) is 5.75 Å². The molecule has 0 radical (unpaired) electrons. The Balaban J connectivity index is 1.38. The van der Waals surface area contributed by atoms with Crippen molar-refractivity contribution in [2.45, 2.75) is 200 Å². The summed E-state index contributed by atoms with van der Waals surface area (Å²) < 4.78 is 75.7. The van der Waals surface area contributed by atoms with Crippen LogP contribution < -0.4 is 4.18 Å². The molecule has 0 heterocycles. The van der Waals surface area contributed by atoms with Crippen LogP contribution in [0, 0.1) is 0 Å². The molecule has 2 aromatic carbocycles. The number of rotatable bonds is 9. The lowest BCUT2D eigenvalue weighted by Gasteiger charge is -2.32. The first kappa shape index (κ1) is 36.5. The molecule has 2 aromatic rings. The van der Waals surface area contributed by atoms with Gasteiger partial charge in [0, 0.05) is 0 Å². The van der Waals surface area contributed by atoms with Gasteiger partial charge < -0.3 is 8.74 Å². The van der Waals surface area contributed by atoms with Crippen molar-refractivity contribution in [1.82, 2.24) is 0 Å². The van der Waals surface area contributed by atoms with Gasteiger partial charge in [0.05, 0.1) is 4.90 Å². The second-order valence-corrected chi connectivity index (χ2v) is 19.4. The lowest BCUT2D eigenvalue weighted by Crippen LogP contribution is -2.22. The number of hydrogen-bond donors (Lipinski definition) is 0. The van der Waals surface area contributed by atoms with E-state index in [1.54, 1.807) is 12.1 Å². The number of benzene rings is 2. The van der Waals surface area contributed by atoms with Gasteiger partial charge >= 0.3 is 10.1 Å². The molecule has 276 valence electrons. The monoisotopic (exact) mass is 723 g/mol. The van der Waals surface area contributed by atoms with Crippen LogP contribution in [0.2, 0.25) is 0 Å². The molecule has 0 saturated heterocycles. The molecule has 5 aliphatic rings. The average molecular weight is 724 g/mol. The third kappa shape index (κ3) is 8.17. The standard InChI is InChI=1S/C42H60O6S2/c43-49(44,45)41-39(33-22-12-4-13-23-33)28-36(29-40(41)34-24-14-5-15-25-34)48-50(46,47)42-37(31-18-8-2-9-19-31)26-35(30-16-6-1-7-17-30)27-38(42)32-20-10-3-11-21-32/h26-34H,1-25H2,(H,43,44,45)/p-1. The van der Waals surface area contributed by atoms with E-state index in [4.69, 9.17) is 4.18 Å². The zero-order valence-electron chi connectivity index (χ0n) is 30.1. The average Bonchev–Trinajstić information content (AvgIpc) is 3.15. The van der Waals surface area contributed by atoms with E-state index in [1.807, 2.05) is 0 Å². The van der Waals surface area contributed by atoms with E-state index in [-0.39, 0.29) is 34.3 Å². The van der Waals surface area contributed by atoms with E-state index < -0.39 is 20.2 Å². The summed E-state index contributed by atoms with van der Waals surface area (Å²) in [5, 5.41) is 0. The maximum Gasteiger partial charge on any atom is 0.339 e. The van der Waals surface area contributed by atoms with Gasteiger partial charge in [-0.3, -0.25) is 0 Å². The van der Waals surface area contributed by atoms with Gasteiger partial charge in [0.25, 0.3) is 0 Å². The Kier molecular flexibility index (Phi) is 11.7. The van der Waals surface area contributed by atoms with Crippen LogP contribution in [0.4, 0.5) is 0 Å². The fourth-order valence-electron chi connectivity index (χ4n) is 10.7. The maximum absolute atomic E-state index is 15.1. The van der Waals surface area contributed by atoms with E-state index in [1.165, 1.54) is 50.5 Å². The van der Waals surface area contributed by atoms with Gasteiger partial charge in [-0.05, 0) is 134 Å². The van der Waals surface area contributed by atoms with Crippen LogP contribution in [0.15, 0.2) is 34.1 Å². The summed E-state index contributed by atoms with van der Waals surface area (Å²) in [6.07, 6.45) is 26.1. The molecule has 0 unspecified atom stereocenters. The van der Waals surface area contributed by atoms with Crippen molar-refractivity contribution in [3.05, 3.63) is 52.1 Å². The van der Waals surface area contributed by atoms with Crippen LogP contribution in [-0.2, 0) is 20.2 Å². The summed E-state index contributed by atoms with van der Waals surface area (Å²) in [7, 11) is -9.08. The summed E-state index contributed by atoms with van der Waals surface area (Å²) in [5.41, 5.74) is 4.23. The van der Waals surface area contributed by atoms with Crippen LogP contribution in [0.25, 0.3) is 0 Å². The molecule has 0 aromatic heterocycles. The van der Waals surface area contributed by atoms with Crippen molar-refractivity contribution in [1.29, 1.82) is 0 Å². The van der Waals surface area contributed by atoms with Gasteiger partial charge in [-0.15, -0.1) is 0 Å². The third-order valence-corrected chi connectivity index (χ3v) is 15.6. The van der Waals surface area contributed by atoms with Crippen LogP contribution in [-0.4, -0.2) is 21.4 Å². The van der Waals surface area contributed by atoms with Gasteiger partial charge in [-0.1, -0.05) is 108 Å². The third-order valence-electron chi connectivity index (χ3n) is 13.3. The first-order chi connectivity index (χ1) is 24.2. The Hall–Kier alpha value is -1.90. The summed E-state index contributed by atoms with van der Waals surface area (Å²) in [5.74, 6) is 0.837. The molecule has 8 heteroatoms. The second-order valence-electron chi connectivity index (χ2n) is 16.6. The Morgan fingerprint density at radius 2 is 0.720 bits per heavy atom. The molecule has 0 N–H and O–H groups in total. The van der Waals surface area contributed by atoms with Gasteiger partial charge in [-0.2, -0.15) is 8.42 Å². The quantitative estimate of drug-likeness (QED) is 0.189. The highest BCUT2D eigenvalue weighted by Gasteiger charge is 2.36. The first-order valence-electron chi connectivity index (χ1n) is 20.4. The van der Waals surface area contributed by atoms with Crippen molar-refractivity contribution in [2.24, 2.45) is 0 Å². The first-order valence-corrected chi connectivity index (χ1v) is 23.3. The highest BCUT2D eigenvalue weighted by molar-refractivity contribution is 7.87. The molecular weight excluding hydrogens is 665 g/mol. The molecule has 6 nitrogen and oxygen atoms in total. The Labute approximate surface area is 302 Å². The molecule has 7 rings (SSSR count). The van der Waals surface area contributed by atoms with E-state index in [2.05, 4.69) is 12.1 Å². The number of hydrogen-bond acceptors (Lipinski definition) is 6. The normalized spacial score (nSPS) is 23.2. The minimum absolute atomic E-state index is 0.0938. The molecule has 50 heavy (non-hydrogen) atoms. The predicted octanol–water partition coefficient (Wildman–Crippen LogP) is 11.6. The summed E-state index contributed by atoms with van der Waals surface area (Å²) >= 11 is 0. The molecule has 5 saturated carbocycles. The minimum Gasteiger partial charge on any atom is -0.744 e. The van der Waals surface area contributed by atoms with Gasteiger partial charge in [0.1, 0.15) is 20.8 Å². The Bertz CT molecular complexity index is 1610. The highest BCUT2D eigenvalue weighted by Crippen LogP contribution is 2.48. The van der Waals surface area contributed by atoms with E-state index in [0.29, 0.717) is 21.9 Å². The Morgan fingerprint density at radius 1 is 0.420 bits per heavy atom. The topological polar surface area (TPSA) is 101 Å². The molecule has 5 fully saturated rings. The van der Waals surface area contributed by atoms with Gasteiger partial charge in [-0.25, -0.2) is 8.42 Å². The lowest BCUT2D eigenvalue weighted by atomic mass is 9.76. The molecule has 5 aliphatic carbocycles. The van der Waals surface area contributed by atoms with Crippen molar-refractivity contribution in [3.63, 3.8) is 0 Å². The maximum atomic E-state index is 15.1. The lowest BCUT2D eigenvalue weighted by molar-refractivity contribution is 0.410.